The molecule has 0 aliphatic heterocycles. The van der Waals surface area contributed by atoms with Gasteiger partial charge in [-0.1, -0.05) is 18.7 Å². The van der Waals surface area contributed by atoms with Crippen LogP contribution < -0.4 is 16.2 Å². The first-order valence-corrected chi connectivity index (χ1v) is 8.04. The Kier molecular flexibility index (Phi) is 7.01. The van der Waals surface area contributed by atoms with Crippen LogP contribution in [0.25, 0.3) is 6.08 Å². The van der Waals surface area contributed by atoms with E-state index < -0.39 is 11.9 Å². The van der Waals surface area contributed by atoms with E-state index in [0.29, 0.717) is 22.9 Å². The lowest BCUT2D eigenvalue weighted by atomic mass is 10.2. The van der Waals surface area contributed by atoms with Crippen molar-refractivity contribution in [2.75, 3.05) is 24.7 Å². The van der Waals surface area contributed by atoms with E-state index >= 15 is 0 Å². The third-order valence-electron chi connectivity index (χ3n) is 3.22. The summed E-state index contributed by atoms with van der Waals surface area (Å²) in [5.74, 6) is 0.0327. The third-order valence-corrected chi connectivity index (χ3v) is 3.22. The van der Waals surface area contributed by atoms with Crippen LogP contribution in [-0.2, 0) is 19.1 Å². The minimum absolute atomic E-state index is 0.0228. The van der Waals surface area contributed by atoms with Crippen molar-refractivity contribution in [3.63, 3.8) is 0 Å². The van der Waals surface area contributed by atoms with E-state index in [4.69, 9.17) is 25.7 Å². The Morgan fingerprint density at radius 3 is 2.07 bits per heavy atom. The summed E-state index contributed by atoms with van der Waals surface area (Å²) >= 11 is 0. The summed E-state index contributed by atoms with van der Waals surface area (Å²) in [5.41, 5.74) is 13.3. The number of carbonyl (C=O) groups excluding carboxylic acids is 2. The molecule has 0 aliphatic rings. The highest BCUT2D eigenvalue weighted by Gasteiger charge is 2.02. The summed E-state index contributed by atoms with van der Waals surface area (Å²) in [6.07, 6.45) is 3.92. The van der Waals surface area contributed by atoms with Crippen LogP contribution in [0.3, 0.4) is 0 Å². The molecule has 0 unspecified atom stereocenters. The van der Waals surface area contributed by atoms with Crippen LogP contribution in [0.1, 0.15) is 5.56 Å². The van der Waals surface area contributed by atoms with Gasteiger partial charge in [-0.25, -0.2) is 9.59 Å². The Balaban J connectivity index is 1.83. The maximum Gasteiger partial charge on any atom is 0.330 e. The largest absolute Gasteiger partial charge is 0.459 e. The van der Waals surface area contributed by atoms with E-state index in [9.17, 15) is 9.59 Å². The summed E-state index contributed by atoms with van der Waals surface area (Å²) in [7, 11) is 0. The first kappa shape index (κ1) is 19.6. The molecule has 0 fully saturated rings. The zero-order valence-corrected chi connectivity index (χ0v) is 14.6. The first-order valence-electron chi connectivity index (χ1n) is 8.04. The van der Waals surface area contributed by atoms with Gasteiger partial charge in [0.1, 0.15) is 24.7 Å². The van der Waals surface area contributed by atoms with Gasteiger partial charge in [-0.15, -0.1) is 0 Å². The fraction of sp³-hybridized carbons (Fsp3) is 0.100. The Hall–Kier alpha value is -3.74. The molecule has 4 N–H and O–H groups in total. The molecule has 140 valence electrons. The lowest BCUT2D eigenvalue weighted by Gasteiger charge is -2.08. The zero-order valence-electron chi connectivity index (χ0n) is 14.6. The van der Waals surface area contributed by atoms with Gasteiger partial charge in [0.15, 0.2) is 0 Å². The predicted molar refractivity (Wildman–Crippen MR) is 103 cm³/mol. The molecule has 0 spiro atoms. The van der Waals surface area contributed by atoms with Crippen LogP contribution in [0.2, 0.25) is 0 Å². The molecular formula is C20H20N2O5. The van der Waals surface area contributed by atoms with Crippen LogP contribution in [0.4, 0.5) is 11.4 Å². The molecule has 7 nitrogen and oxygen atoms in total. The fourth-order valence-electron chi connectivity index (χ4n) is 2.04. The number of ether oxygens (including phenoxy) is 3. The minimum atomic E-state index is -0.565. The number of esters is 2. The number of hydrogen-bond acceptors (Lipinski definition) is 7. The third kappa shape index (κ3) is 6.95. The summed E-state index contributed by atoms with van der Waals surface area (Å²) in [6, 6.07) is 12.0. The van der Waals surface area contributed by atoms with Gasteiger partial charge < -0.3 is 25.7 Å². The van der Waals surface area contributed by atoms with Gasteiger partial charge in [0.25, 0.3) is 0 Å². The second kappa shape index (κ2) is 9.67. The van der Waals surface area contributed by atoms with Crippen LogP contribution in [-0.4, -0.2) is 25.2 Å². The highest BCUT2D eigenvalue weighted by Crippen LogP contribution is 2.26. The first-order chi connectivity index (χ1) is 13.0. The number of anilines is 2. The summed E-state index contributed by atoms with van der Waals surface area (Å²) in [4.78, 5) is 22.4. The average Bonchev–Trinajstić information content (AvgIpc) is 2.63. The summed E-state index contributed by atoms with van der Waals surface area (Å²) in [5, 5.41) is 0. The van der Waals surface area contributed by atoms with Crippen LogP contribution >= 0.6 is 0 Å². The lowest BCUT2D eigenvalue weighted by molar-refractivity contribution is -0.145. The van der Waals surface area contributed by atoms with Crippen LogP contribution in [0, 0.1) is 0 Å². The smallest absolute Gasteiger partial charge is 0.330 e. The Labute approximate surface area is 156 Å². The molecule has 2 aromatic rings. The molecule has 0 atom stereocenters. The maximum atomic E-state index is 11.6. The predicted octanol–water partition coefficient (Wildman–Crippen LogP) is 2.93. The molecule has 0 aliphatic carbocycles. The average molecular weight is 368 g/mol. The second-order valence-electron chi connectivity index (χ2n) is 5.38. The lowest BCUT2D eigenvalue weighted by Crippen LogP contribution is -2.11. The number of benzene rings is 2. The van der Waals surface area contributed by atoms with Crippen molar-refractivity contribution in [2.24, 2.45) is 0 Å². The quantitative estimate of drug-likeness (QED) is 0.319. The number of hydrogen-bond donors (Lipinski definition) is 2. The number of rotatable bonds is 8. The number of nitrogens with two attached hydrogens (primary N) is 2. The fourth-order valence-corrected chi connectivity index (χ4v) is 2.04. The van der Waals surface area contributed by atoms with Gasteiger partial charge in [0.05, 0.1) is 0 Å². The maximum absolute atomic E-state index is 11.6. The van der Waals surface area contributed by atoms with Crippen molar-refractivity contribution in [1.29, 1.82) is 0 Å². The molecule has 0 saturated carbocycles. The van der Waals surface area contributed by atoms with E-state index in [1.807, 2.05) is 0 Å². The highest BCUT2D eigenvalue weighted by atomic mass is 16.6. The monoisotopic (exact) mass is 368 g/mol. The van der Waals surface area contributed by atoms with Crippen LogP contribution in [0.5, 0.6) is 11.5 Å². The van der Waals surface area contributed by atoms with E-state index in [-0.39, 0.29) is 13.2 Å². The number of carbonyl (C=O) groups is 2. The molecular weight excluding hydrogens is 348 g/mol. The van der Waals surface area contributed by atoms with E-state index in [0.717, 1.165) is 11.6 Å². The van der Waals surface area contributed by atoms with E-state index in [1.54, 1.807) is 48.5 Å². The molecule has 0 aromatic heterocycles. The zero-order chi connectivity index (χ0) is 19.6. The molecule has 0 radical (unpaired) electrons. The normalized spacial score (nSPS) is 10.4. The molecule has 27 heavy (non-hydrogen) atoms. The Morgan fingerprint density at radius 1 is 0.889 bits per heavy atom. The standard InChI is InChI=1S/C20H20N2O5/c1-2-19(23)25-9-10-26-20(24)8-5-14-3-6-17(7-4-14)27-18-12-15(21)11-16(22)13-18/h2-8,11-13H,1,9-10,21-22H2. The SMILES string of the molecule is C=CC(=O)OCCOC(=O)C=Cc1ccc(Oc2cc(N)cc(N)c2)cc1. The number of nitrogen functional groups attached to an aromatic ring is 2. The molecule has 2 rings (SSSR count). The van der Waals surface area contributed by atoms with Crippen molar-refractivity contribution in [3.8, 4) is 11.5 Å². The van der Waals surface area contributed by atoms with Crippen molar-refractivity contribution in [2.45, 2.75) is 0 Å². The Bertz CT molecular complexity index is 824. The highest BCUT2D eigenvalue weighted by molar-refractivity contribution is 5.87. The minimum Gasteiger partial charge on any atom is -0.459 e. The molecule has 0 bridgehead atoms. The van der Waals surface area contributed by atoms with E-state index in [2.05, 4.69) is 6.58 Å². The van der Waals surface area contributed by atoms with Crippen molar-refractivity contribution >= 4 is 29.4 Å². The van der Waals surface area contributed by atoms with Gasteiger partial charge in [-0.2, -0.15) is 0 Å². The van der Waals surface area contributed by atoms with Gasteiger partial charge in [-0.3, -0.25) is 0 Å². The van der Waals surface area contributed by atoms with Gasteiger partial charge in [0, 0.05) is 35.7 Å². The molecule has 0 saturated heterocycles. The van der Waals surface area contributed by atoms with Gasteiger partial charge >= 0.3 is 11.9 Å². The van der Waals surface area contributed by atoms with Crippen molar-refractivity contribution in [3.05, 3.63) is 66.8 Å². The summed E-state index contributed by atoms with van der Waals surface area (Å²) < 4.78 is 15.3. The molecule has 2 aromatic carbocycles. The van der Waals surface area contributed by atoms with Gasteiger partial charge in [0.2, 0.25) is 0 Å². The summed E-state index contributed by atoms with van der Waals surface area (Å²) in [6.45, 7) is 3.21. The topological polar surface area (TPSA) is 114 Å². The Morgan fingerprint density at radius 2 is 1.48 bits per heavy atom. The molecule has 7 heteroatoms. The van der Waals surface area contributed by atoms with Crippen molar-refractivity contribution in [1.82, 2.24) is 0 Å². The van der Waals surface area contributed by atoms with E-state index in [1.165, 1.54) is 6.08 Å². The second-order valence-corrected chi connectivity index (χ2v) is 5.38. The van der Waals surface area contributed by atoms with Gasteiger partial charge in [-0.05, 0) is 29.8 Å². The van der Waals surface area contributed by atoms with Crippen molar-refractivity contribution < 1.29 is 23.8 Å². The molecule has 0 amide bonds. The van der Waals surface area contributed by atoms with Crippen LogP contribution in [0.15, 0.2) is 61.2 Å². The molecule has 0 heterocycles.